The summed E-state index contributed by atoms with van der Waals surface area (Å²) in [5.41, 5.74) is 5.48. The van der Waals surface area contributed by atoms with Crippen molar-refractivity contribution in [2.24, 2.45) is 0 Å². The van der Waals surface area contributed by atoms with Gasteiger partial charge < -0.3 is 0 Å². The van der Waals surface area contributed by atoms with Crippen molar-refractivity contribution in [3.8, 4) is 16.9 Å². The molecule has 19 heavy (non-hydrogen) atoms. The van der Waals surface area contributed by atoms with Gasteiger partial charge in [-0.05, 0) is 22.4 Å². The second kappa shape index (κ2) is 3.12. The Labute approximate surface area is 111 Å². The van der Waals surface area contributed by atoms with Crippen LogP contribution in [0, 0.1) is 0 Å². The molecule has 0 unspecified atom stereocenters. The molecular weight excluding hydrogens is 234 g/mol. The molecule has 0 atom stereocenters. The van der Waals surface area contributed by atoms with Gasteiger partial charge in [0.05, 0.1) is 6.20 Å². The summed E-state index contributed by atoms with van der Waals surface area (Å²) in [5.74, 6) is 1.35. The van der Waals surface area contributed by atoms with E-state index in [2.05, 4.69) is 68.8 Å². The summed E-state index contributed by atoms with van der Waals surface area (Å²) in [5, 5.41) is 0. The van der Waals surface area contributed by atoms with Crippen molar-refractivity contribution in [3.63, 3.8) is 0 Å². The Kier molecular flexibility index (Phi) is 1.56. The van der Waals surface area contributed by atoms with E-state index < -0.39 is 0 Å². The van der Waals surface area contributed by atoms with Crippen LogP contribution in [0.4, 0.5) is 0 Å². The fraction of sp³-hybridized carbons (Fsp3) is 0.125. The van der Waals surface area contributed by atoms with Crippen LogP contribution in [0.25, 0.3) is 16.9 Å². The van der Waals surface area contributed by atoms with Gasteiger partial charge in [0, 0.05) is 4.68 Å². The third-order valence-electron chi connectivity index (χ3n) is 4.16. The van der Waals surface area contributed by atoms with Crippen LogP contribution in [0.1, 0.15) is 11.3 Å². The van der Waals surface area contributed by atoms with E-state index in [0.29, 0.717) is 0 Å². The Hall–Kier alpha value is -2.42. The van der Waals surface area contributed by atoms with Gasteiger partial charge >= 0.3 is 5.82 Å². The van der Waals surface area contributed by atoms with Crippen molar-refractivity contribution in [1.29, 1.82) is 0 Å². The molecule has 0 fully saturated rings. The Balaban J connectivity index is 1.81. The zero-order valence-corrected chi connectivity index (χ0v) is 10.5. The third kappa shape index (κ3) is 1.08. The highest BCUT2D eigenvalue weighted by Crippen LogP contribution is 2.30. The van der Waals surface area contributed by atoms with Crippen molar-refractivity contribution in [2.45, 2.75) is 13.1 Å². The summed E-state index contributed by atoms with van der Waals surface area (Å²) in [4.78, 5) is 0. The van der Waals surface area contributed by atoms with E-state index in [0.717, 1.165) is 13.1 Å². The van der Waals surface area contributed by atoms with Gasteiger partial charge in [-0.3, -0.25) is 0 Å². The minimum absolute atomic E-state index is 0.973. The van der Waals surface area contributed by atoms with Gasteiger partial charge in [-0.1, -0.05) is 30.3 Å². The topological polar surface area (TPSA) is 12.7 Å². The van der Waals surface area contributed by atoms with E-state index in [1.165, 1.54) is 28.2 Å². The monoisotopic (exact) mass is 247 g/mol. The number of hydrogen-bond acceptors (Lipinski definition) is 0. The Morgan fingerprint density at radius 3 is 2.74 bits per heavy atom. The first-order chi connectivity index (χ1) is 9.42. The number of aromatic nitrogens is 3. The molecule has 2 aliphatic rings. The Morgan fingerprint density at radius 1 is 0.947 bits per heavy atom. The van der Waals surface area contributed by atoms with Crippen LogP contribution in [-0.2, 0) is 13.1 Å². The van der Waals surface area contributed by atoms with E-state index in [1.54, 1.807) is 0 Å². The maximum Gasteiger partial charge on any atom is 0.353 e. The first-order valence-electron chi connectivity index (χ1n) is 6.63. The number of nitrogens with zero attached hydrogens (tertiary/aromatic N) is 3. The first-order valence-corrected chi connectivity index (χ1v) is 6.63. The van der Waals surface area contributed by atoms with Crippen LogP contribution in [0.3, 0.4) is 0 Å². The van der Waals surface area contributed by atoms with Crippen LogP contribution < -0.4 is 9.25 Å². The molecule has 5 rings (SSSR count). The van der Waals surface area contributed by atoms with Crippen molar-refractivity contribution < 1.29 is 9.25 Å². The van der Waals surface area contributed by atoms with Gasteiger partial charge in [-0.15, -0.1) is 0 Å². The van der Waals surface area contributed by atoms with E-state index in [4.69, 9.17) is 0 Å². The van der Waals surface area contributed by atoms with Gasteiger partial charge in [0.25, 0.3) is 0 Å². The first kappa shape index (κ1) is 9.50. The fourth-order valence-corrected chi connectivity index (χ4v) is 3.36. The SMILES string of the molecule is c1ccc(-c2c[n+]3n4c2C[n+]2cccc(c2-4)C3)cc1. The quantitative estimate of drug-likeness (QED) is 0.398. The lowest BCUT2D eigenvalue weighted by molar-refractivity contribution is -0.756. The molecule has 1 aromatic carbocycles. The molecule has 2 aromatic heterocycles. The summed E-state index contributed by atoms with van der Waals surface area (Å²) in [7, 11) is 0. The highest BCUT2D eigenvalue weighted by Gasteiger charge is 2.46. The second-order valence-electron chi connectivity index (χ2n) is 5.25. The third-order valence-corrected chi connectivity index (χ3v) is 4.16. The van der Waals surface area contributed by atoms with Gasteiger partial charge in [0.2, 0.25) is 18.4 Å². The second-order valence-corrected chi connectivity index (χ2v) is 5.25. The van der Waals surface area contributed by atoms with E-state index in [-0.39, 0.29) is 0 Å². The van der Waals surface area contributed by atoms with E-state index in [1.807, 2.05) is 0 Å². The molecule has 0 saturated carbocycles. The lowest BCUT2D eigenvalue weighted by Crippen LogP contribution is -2.37. The van der Waals surface area contributed by atoms with Crippen LogP contribution in [-0.4, -0.2) is 4.68 Å². The molecule has 0 radical (unpaired) electrons. The van der Waals surface area contributed by atoms with E-state index in [9.17, 15) is 0 Å². The van der Waals surface area contributed by atoms with Gasteiger partial charge in [-0.25, -0.2) is 4.57 Å². The fourth-order valence-electron chi connectivity index (χ4n) is 3.36. The summed E-state index contributed by atoms with van der Waals surface area (Å²) in [6.07, 6.45) is 4.46. The number of pyridine rings is 1. The van der Waals surface area contributed by atoms with Crippen molar-refractivity contribution >= 4 is 0 Å². The molecule has 0 saturated heterocycles. The molecule has 0 aliphatic carbocycles. The molecule has 0 bridgehead atoms. The van der Waals surface area contributed by atoms with Crippen LogP contribution >= 0.6 is 0 Å². The zero-order chi connectivity index (χ0) is 12.4. The highest BCUT2D eigenvalue weighted by atomic mass is 15.5. The molecule has 4 heterocycles. The van der Waals surface area contributed by atoms with Gasteiger partial charge in [0.15, 0.2) is 6.54 Å². The van der Waals surface area contributed by atoms with Crippen LogP contribution in [0.15, 0.2) is 54.9 Å². The predicted molar refractivity (Wildman–Crippen MR) is 69.8 cm³/mol. The van der Waals surface area contributed by atoms with Crippen molar-refractivity contribution in [2.75, 3.05) is 0 Å². The van der Waals surface area contributed by atoms with Crippen LogP contribution in [0.5, 0.6) is 0 Å². The largest absolute Gasteiger partial charge is 0.353 e. The molecule has 2 aliphatic heterocycles. The maximum absolute atomic E-state index is 2.37. The highest BCUT2D eigenvalue weighted by molar-refractivity contribution is 5.65. The smallest absolute Gasteiger partial charge is 0.221 e. The molecule has 0 spiro atoms. The Morgan fingerprint density at radius 2 is 1.84 bits per heavy atom. The standard InChI is InChI=1S/C16H13N3/c1-2-5-12(6-3-1)14-10-18-9-13-7-4-8-17-11-15(14)19(18)16(13)17/h1-8,10H,9,11H2/q+2. The van der Waals surface area contributed by atoms with Crippen LogP contribution in [0.2, 0.25) is 0 Å². The average molecular weight is 247 g/mol. The molecule has 3 aromatic rings. The number of benzene rings is 1. The molecule has 3 heteroatoms. The molecular formula is C16H13N3+2. The molecule has 0 N–H and O–H groups in total. The Bertz CT molecular complexity index is 816. The molecule has 3 nitrogen and oxygen atoms in total. The zero-order valence-electron chi connectivity index (χ0n) is 10.5. The van der Waals surface area contributed by atoms with Gasteiger partial charge in [0.1, 0.15) is 11.1 Å². The molecule has 90 valence electrons. The average Bonchev–Trinajstić information content (AvgIpc) is 3.09. The maximum atomic E-state index is 2.37. The number of rotatable bonds is 1. The lowest BCUT2D eigenvalue weighted by Gasteiger charge is -1.94. The summed E-state index contributed by atoms with van der Waals surface area (Å²) < 4.78 is 7.05. The molecule has 0 amide bonds. The van der Waals surface area contributed by atoms with E-state index >= 15 is 0 Å². The van der Waals surface area contributed by atoms with Crippen molar-refractivity contribution in [3.05, 3.63) is 66.1 Å². The van der Waals surface area contributed by atoms with Gasteiger partial charge in [-0.2, -0.15) is 0 Å². The van der Waals surface area contributed by atoms with Crippen molar-refractivity contribution in [1.82, 2.24) is 4.68 Å². The normalized spacial score (nSPS) is 13.9. The summed E-state index contributed by atoms with van der Waals surface area (Å²) in [6, 6.07) is 15.0. The lowest BCUT2D eigenvalue weighted by atomic mass is 10.1. The number of hydrogen-bond donors (Lipinski definition) is 0. The minimum Gasteiger partial charge on any atom is -0.221 e. The summed E-state index contributed by atoms with van der Waals surface area (Å²) in [6.45, 7) is 1.95. The summed E-state index contributed by atoms with van der Waals surface area (Å²) >= 11 is 0. The predicted octanol–water partition coefficient (Wildman–Crippen LogP) is 1.44. The minimum atomic E-state index is 0.973.